The Morgan fingerprint density at radius 3 is 2.64 bits per heavy atom. The Labute approximate surface area is 107 Å². The summed E-state index contributed by atoms with van der Waals surface area (Å²) in [5.41, 5.74) is 0. The fourth-order valence-electron chi connectivity index (χ4n) is 1.29. The van der Waals surface area contributed by atoms with E-state index in [1.165, 1.54) is 28.6 Å². The monoisotopic (exact) mass is 338 g/mol. The van der Waals surface area contributed by atoms with Crippen molar-refractivity contribution >= 4 is 43.2 Å². The minimum absolute atomic E-state index is 0.672. The fourth-order valence-corrected chi connectivity index (χ4v) is 3.11. The molecular formula is C11H16Br2S. The van der Waals surface area contributed by atoms with E-state index < -0.39 is 0 Å². The first-order chi connectivity index (χ1) is 6.59. The second-order valence-electron chi connectivity index (χ2n) is 3.88. The van der Waals surface area contributed by atoms with Crippen LogP contribution in [0.15, 0.2) is 15.9 Å². The Balaban J connectivity index is 2.22. The van der Waals surface area contributed by atoms with Gasteiger partial charge in [-0.3, -0.25) is 0 Å². The van der Waals surface area contributed by atoms with Crippen molar-refractivity contribution in [1.29, 1.82) is 0 Å². The third kappa shape index (κ3) is 4.45. The van der Waals surface area contributed by atoms with E-state index in [1.54, 1.807) is 0 Å². The van der Waals surface area contributed by atoms with Crippen LogP contribution in [0.4, 0.5) is 0 Å². The number of aryl methyl sites for hydroxylation is 1. The van der Waals surface area contributed by atoms with Crippen LogP contribution in [0.25, 0.3) is 0 Å². The van der Waals surface area contributed by atoms with Crippen LogP contribution in [0.3, 0.4) is 0 Å². The first-order valence-corrected chi connectivity index (χ1v) is 7.55. The summed E-state index contributed by atoms with van der Waals surface area (Å²) in [4.78, 5) is 2.16. The molecule has 0 aliphatic rings. The predicted octanol–water partition coefficient (Wildman–Crippen LogP) is 5.25. The van der Waals surface area contributed by atoms with Crippen LogP contribution in [-0.2, 0) is 6.42 Å². The number of hydrogen-bond acceptors (Lipinski definition) is 1. The van der Waals surface area contributed by atoms with Gasteiger partial charge in [0.15, 0.2) is 0 Å². The normalized spacial score (nSPS) is 13.5. The second kappa shape index (κ2) is 6.29. The second-order valence-corrected chi connectivity index (χ2v) is 6.97. The van der Waals surface area contributed by atoms with Crippen LogP contribution in [0.1, 0.15) is 31.6 Å². The molecule has 1 heterocycles. The van der Waals surface area contributed by atoms with Crippen LogP contribution in [-0.4, -0.2) is 4.83 Å². The van der Waals surface area contributed by atoms with E-state index in [0.717, 1.165) is 5.92 Å². The van der Waals surface area contributed by atoms with Crippen molar-refractivity contribution in [2.75, 3.05) is 0 Å². The summed E-state index contributed by atoms with van der Waals surface area (Å²) in [6.07, 6.45) is 3.76. The van der Waals surface area contributed by atoms with E-state index in [-0.39, 0.29) is 0 Å². The molecule has 1 aromatic rings. The van der Waals surface area contributed by atoms with Crippen molar-refractivity contribution in [2.45, 2.75) is 37.9 Å². The quantitative estimate of drug-likeness (QED) is 0.642. The van der Waals surface area contributed by atoms with Crippen molar-refractivity contribution in [3.8, 4) is 0 Å². The highest BCUT2D eigenvalue weighted by atomic mass is 79.9. The summed E-state index contributed by atoms with van der Waals surface area (Å²) in [6, 6.07) is 2.23. The van der Waals surface area contributed by atoms with E-state index >= 15 is 0 Å². The number of alkyl halides is 1. The van der Waals surface area contributed by atoms with Gasteiger partial charge in [0.2, 0.25) is 0 Å². The molecule has 0 bridgehead atoms. The van der Waals surface area contributed by atoms with Gasteiger partial charge in [-0.2, -0.15) is 0 Å². The van der Waals surface area contributed by atoms with Gasteiger partial charge in [0.25, 0.3) is 0 Å². The van der Waals surface area contributed by atoms with Gasteiger partial charge >= 0.3 is 0 Å². The average Bonchev–Trinajstić information content (AvgIpc) is 2.51. The zero-order chi connectivity index (χ0) is 10.6. The summed E-state index contributed by atoms with van der Waals surface area (Å²) in [5.74, 6) is 0.741. The van der Waals surface area contributed by atoms with Gasteiger partial charge in [0, 0.05) is 19.6 Å². The minimum atomic E-state index is 0.672. The molecule has 0 amide bonds. The van der Waals surface area contributed by atoms with Crippen molar-refractivity contribution in [3.63, 3.8) is 0 Å². The van der Waals surface area contributed by atoms with Crippen molar-refractivity contribution in [3.05, 3.63) is 20.8 Å². The summed E-state index contributed by atoms with van der Waals surface area (Å²) in [6.45, 7) is 4.53. The molecule has 0 saturated heterocycles. The zero-order valence-electron chi connectivity index (χ0n) is 8.59. The molecule has 0 fully saturated rings. The molecule has 80 valence electrons. The zero-order valence-corrected chi connectivity index (χ0v) is 12.6. The maximum absolute atomic E-state index is 3.72. The molecule has 14 heavy (non-hydrogen) atoms. The van der Waals surface area contributed by atoms with Crippen LogP contribution < -0.4 is 0 Å². The molecule has 0 N–H and O–H groups in total. The van der Waals surface area contributed by atoms with E-state index in [2.05, 4.69) is 57.2 Å². The highest BCUT2D eigenvalue weighted by Crippen LogP contribution is 2.23. The maximum Gasteiger partial charge on any atom is 0.0285 e. The van der Waals surface area contributed by atoms with Gasteiger partial charge < -0.3 is 0 Å². The summed E-state index contributed by atoms with van der Waals surface area (Å²) in [5, 5.41) is 2.16. The Morgan fingerprint density at radius 1 is 1.43 bits per heavy atom. The molecule has 1 atom stereocenters. The van der Waals surface area contributed by atoms with E-state index in [4.69, 9.17) is 0 Å². The van der Waals surface area contributed by atoms with E-state index in [0.29, 0.717) is 4.83 Å². The molecule has 1 rings (SSSR count). The Kier molecular flexibility index (Phi) is 5.72. The molecule has 0 radical (unpaired) electrons. The van der Waals surface area contributed by atoms with E-state index in [9.17, 15) is 0 Å². The maximum atomic E-state index is 3.72. The van der Waals surface area contributed by atoms with Gasteiger partial charge in [0.1, 0.15) is 0 Å². The highest BCUT2D eigenvalue weighted by Gasteiger charge is 2.08. The minimum Gasteiger partial charge on any atom is -0.148 e. The van der Waals surface area contributed by atoms with Crippen LogP contribution in [0, 0.1) is 5.92 Å². The van der Waals surface area contributed by atoms with E-state index in [1.807, 2.05) is 11.3 Å². The van der Waals surface area contributed by atoms with Gasteiger partial charge in [-0.05, 0) is 47.2 Å². The molecule has 0 aliphatic heterocycles. The lowest BCUT2D eigenvalue weighted by Gasteiger charge is -2.12. The fraction of sp³-hybridized carbons (Fsp3) is 0.636. The lowest BCUT2D eigenvalue weighted by Crippen LogP contribution is -2.06. The summed E-state index contributed by atoms with van der Waals surface area (Å²) >= 11 is 9.04. The van der Waals surface area contributed by atoms with Crippen LogP contribution in [0.5, 0.6) is 0 Å². The predicted molar refractivity (Wildman–Crippen MR) is 72.5 cm³/mol. The summed E-state index contributed by atoms with van der Waals surface area (Å²) < 4.78 is 1.22. The number of hydrogen-bond donors (Lipinski definition) is 0. The Hall–Kier alpha value is 0.660. The number of thiophene rings is 1. The first kappa shape index (κ1) is 12.7. The van der Waals surface area contributed by atoms with Gasteiger partial charge in [0.05, 0.1) is 0 Å². The SMILES string of the molecule is CC(C)C(Br)CCCc1cc(Br)cs1. The molecule has 1 unspecified atom stereocenters. The first-order valence-electron chi connectivity index (χ1n) is 4.96. The van der Waals surface area contributed by atoms with Gasteiger partial charge in [-0.25, -0.2) is 0 Å². The molecule has 0 spiro atoms. The largest absolute Gasteiger partial charge is 0.148 e. The smallest absolute Gasteiger partial charge is 0.0285 e. The molecule has 0 aliphatic carbocycles. The number of halogens is 2. The van der Waals surface area contributed by atoms with Crippen molar-refractivity contribution < 1.29 is 0 Å². The van der Waals surface area contributed by atoms with Crippen LogP contribution in [0.2, 0.25) is 0 Å². The standard InChI is InChI=1S/C11H16Br2S/c1-8(2)11(13)5-3-4-10-6-9(12)7-14-10/h6-8,11H,3-5H2,1-2H3. The number of rotatable bonds is 5. The molecular weight excluding hydrogens is 324 g/mol. The Bertz CT molecular complexity index is 268. The van der Waals surface area contributed by atoms with Crippen molar-refractivity contribution in [1.82, 2.24) is 0 Å². The molecule has 0 aromatic carbocycles. The lowest BCUT2D eigenvalue weighted by atomic mass is 10.0. The van der Waals surface area contributed by atoms with Crippen molar-refractivity contribution in [2.24, 2.45) is 5.92 Å². The highest BCUT2D eigenvalue weighted by molar-refractivity contribution is 9.10. The van der Waals surface area contributed by atoms with Crippen LogP contribution >= 0.6 is 43.2 Å². The van der Waals surface area contributed by atoms with Gasteiger partial charge in [-0.15, -0.1) is 11.3 Å². The lowest BCUT2D eigenvalue weighted by molar-refractivity contribution is 0.564. The third-order valence-corrected chi connectivity index (χ3v) is 5.52. The molecule has 3 heteroatoms. The van der Waals surface area contributed by atoms with Gasteiger partial charge in [-0.1, -0.05) is 29.8 Å². The molecule has 1 aromatic heterocycles. The molecule has 0 nitrogen and oxygen atoms in total. The third-order valence-electron chi connectivity index (χ3n) is 2.25. The average molecular weight is 340 g/mol. The summed E-state index contributed by atoms with van der Waals surface area (Å²) in [7, 11) is 0. The topological polar surface area (TPSA) is 0 Å². The molecule has 0 saturated carbocycles. The Morgan fingerprint density at radius 2 is 2.14 bits per heavy atom.